The van der Waals surface area contributed by atoms with Crippen molar-refractivity contribution >= 4 is 58.7 Å². The first-order valence-electron chi connectivity index (χ1n) is 6.15. The van der Waals surface area contributed by atoms with Crippen LogP contribution in [0.25, 0.3) is 0 Å². The molecule has 0 aliphatic heterocycles. The van der Waals surface area contributed by atoms with Gasteiger partial charge in [-0.05, 0) is 12.1 Å². The van der Waals surface area contributed by atoms with Crippen molar-refractivity contribution in [3.05, 3.63) is 53.6 Å². The van der Waals surface area contributed by atoms with Crippen LogP contribution in [0.3, 0.4) is 0 Å². The fourth-order valence-corrected chi connectivity index (χ4v) is 2.69. The molecule has 8 nitrogen and oxygen atoms in total. The molecule has 0 atom stereocenters. The topological polar surface area (TPSA) is 120 Å². The van der Waals surface area contributed by atoms with Crippen molar-refractivity contribution in [2.45, 2.75) is 5.03 Å². The van der Waals surface area contributed by atoms with E-state index in [1.165, 1.54) is 12.3 Å². The first-order valence-corrected chi connectivity index (χ1v) is 8.27. The van der Waals surface area contributed by atoms with E-state index in [0.717, 1.165) is 11.8 Å². The van der Waals surface area contributed by atoms with Crippen LogP contribution in [0.5, 0.6) is 0 Å². The van der Waals surface area contributed by atoms with E-state index in [9.17, 15) is 14.4 Å². The van der Waals surface area contributed by atoms with Gasteiger partial charge in [0, 0.05) is 5.56 Å². The number of aromatic nitrogens is 3. The summed E-state index contributed by atoms with van der Waals surface area (Å²) in [5.74, 6) is -0.644. The summed E-state index contributed by atoms with van der Waals surface area (Å²) in [5.41, 5.74) is 1.19. The minimum Gasteiger partial charge on any atom is -0.272 e. The summed E-state index contributed by atoms with van der Waals surface area (Å²) in [6.45, 7) is 0. The summed E-state index contributed by atoms with van der Waals surface area (Å²) in [6, 6.07) is 3.08. The predicted octanol–water partition coefficient (Wildman–Crippen LogP) is 1.66. The molecule has 0 radical (unpaired) electrons. The lowest BCUT2D eigenvalue weighted by atomic mass is 10.2. The van der Waals surface area contributed by atoms with E-state index in [1.54, 1.807) is 6.07 Å². The zero-order chi connectivity index (χ0) is 17.7. The molecule has 0 saturated carbocycles. The largest absolute Gasteiger partial charge is 0.342 e. The summed E-state index contributed by atoms with van der Waals surface area (Å²) < 4.78 is 0. The molecule has 3 N–H and O–H groups in total. The molecule has 0 fully saturated rings. The number of benzene rings is 1. The molecule has 1 amide bonds. The van der Waals surface area contributed by atoms with Gasteiger partial charge < -0.3 is 0 Å². The van der Waals surface area contributed by atoms with Gasteiger partial charge >= 0.3 is 5.69 Å². The molecule has 1 heterocycles. The molecule has 2 aromatic rings. The van der Waals surface area contributed by atoms with Gasteiger partial charge in [-0.25, -0.2) is 15.3 Å². The third-order valence-electron chi connectivity index (χ3n) is 2.48. The van der Waals surface area contributed by atoms with Gasteiger partial charge in [0.15, 0.2) is 5.03 Å². The van der Waals surface area contributed by atoms with Gasteiger partial charge in [-0.3, -0.25) is 14.6 Å². The molecular weight excluding hydrogens is 401 g/mol. The maximum atomic E-state index is 11.7. The number of nitrogens with one attached hydrogen (secondary N) is 3. The Kier molecular flexibility index (Phi) is 6.44. The van der Waals surface area contributed by atoms with Crippen LogP contribution in [0.15, 0.2) is 31.8 Å². The molecule has 2 rings (SSSR count). The quantitative estimate of drug-likeness (QED) is 0.301. The van der Waals surface area contributed by atoms with Crippen LogP contribution in [0.1, 0.15) is 5.56 Å². The van der Waals surface area contributed by atoms with Crippen LogP contribution >= 0.6 is 46.6 Å². The standard InChI is InChI=1S/C12H8Cl3N5O3S/c13-6-1-2-7(14)9(15)5(6)3-16-18-8(21)4-24-11-10(22)17-12(23)20-19-11/h1-3H,4H2,(H,18,21)(H2,17,20,22,23)/b16-3+. The number of carbonyl (C=O) groups excluding carboxylic acids is 1. The number of hydrogen-bond donors (Lipinski definition) is 3. The third-order valence-corrected chi connectivity index (χ3v) is 4.59. The number of aromatic amines is 2. The van der Waals surface area contributed by atoms with E-state index in [4.69, 9.17) is 34.8 Å². The Morgan fingerprint density at radius 3 is 2.71 bits per heavy atom. The average molecular weight is 409 g/mol. The number of hydrogen-bond acceptors (Lipinski definition) is 6. The van der Waals surface area contributed by atoms with Crippen molar-refractivity contribution in [2.24, 2.45) is 5.10 Å². The summed E-state index contributed by atoms with van der Waals surface area (Å²) in [6.07, 6.45) is 1.25. The zero-order valence-corrected chi connectivity index (χ0v) is 14.7. The van der Waals surface area contributed by atoms with Gasteiger partial charge in [0.05, 0.1) is 27.0 Å². The summed E-state index contributed by atoms with van der Waals surface area (Å²) in [4.78, 5) is 35.9. The number of amides is 1. The van der Waals surface area contributed by atoms with Crippen LogP contribution in [0.4, 0.5) is 0 Å². The smallest absolute Gasteiger partial charge is 0.272 e. The SMILES string of the molecule is O=C(CSc1n[nH]c(=O)[nH]c1=O)N/N=C/c1c(Cl)ccc(Cl)c1Cl. The monoisotopic (exact) mass is 407 g/mol. The molecule has 0 unspecified atom stereocenters. The Labute approximate surface area is 153 Å². The predicted molar refractivity (Wildman–Crippen MR) is 93.4 cm³/mol. The lowest BCUT2D eigenvalue weighted by Gasteiger charge is -2.03. The van der Waals surface area contributed by atoms with Crippen molar-refractivity contribution in [2.75, 3.05) is 5.75 Å². The highest BCUT2D eigenvalue weighted by atomic mass is 35.5. The van der Waals surface area contributed by atoms with E-state index in [2.05, 4.69) is 20.7 Å². The normalized spacial score (nSPS) is 11.0. The number of nitrogens with zero attached hydrogens (tertiary/aromatic N) is 2. The van der Waals surface area contributed by atoms with Crippen LogP contribution in [-0.4, -0.2) is 33.1 Å². The minimum atomic E-state index is -0.728. The van der Waals surface area contributed by atoms with Gasteiger partial charge in [-0.2, -0.15) is 10.2 Å². The molecule has 1 aromatic carbocycles. The number of rotatable bonds is 5. The van der Waals surface area contributed by atoms with E-state index in [-0.39, 0.29) is 15.8 Å². The highest BCUT2D eigenvalue weighted by Crippen LogP contribution is 2.29. The fourth-order valence-electron chi connectivity index (χ4n) is 1.43. The van der Waals surface area contributed by atoms with Crippen molar-refractivity contribution in [3.63, 3.8) is 0 Å². The van der Waals surface area contributed by atoms with Crippen molar-refractivity contribution in [1.82, 2.24) is 20.6 Å². The van der Waals surface area contributed by atoms with Crippen LogP contribution in [0.2, 0.25) is 15.1 Å². The average Bonchev–Trinajstić information content (AvgIpc) is 2.53. The summed E-state index contributed by atoms with van der Waals surface area (Å²) >= 11 is 18.6. The fraction of sp³-hybridized carbons (Fsp3) is 0.0833. The van der Waals surface area contributed by atoms with Gasteiger partial charge in [-0.1, -0.05) is 46.6 Å². The Morgan fingerprint density at radius 2 is 2.00 bits per heavy atom. The van der Waals surface area contributed by atoms with E-state index in [0.29, 0.717) is 15.6 Å². The van der Waals surface area contributed by atoms with E-state index in [1.807, 2.05) is 4.98 Å². The molecule has 0 aliphatic rings. The third kappa shape index (κ3) is 4.84. The molecule has 0 bridgehead atoms. The maximum Gasteiger partial charge on any atom is 0.342 e. The first kappa shape index (κ1) is 18.5. The Bertz CT molecular complexity index is 912. The van der Waals surface area contributed by atoms with E-state index >= 15 is 0 Å². The lowest BCUT2D eigenvalue weighted by Crippen LogP contribution is -2.26. The van der Waals surface area contributed by atoms with Crippen molar-refractivity contribution in [1.29, 1.82) is 0 Å². The molecule has 24 heavy (non-hydrogen) atoms. The summed E-state index contributed by atoms with van der Waals surface area (Å²) in [7, 11) is 0. The molecule has 126 valence electrons. The lowest BCUT2D eigenvalue weighted by molar-refractivity contribution is -0.118. The molecule has 0 aliphatic carbocycles. The maximum absolute atomic E-state index is 11.7. The number of H-pyrrole nitrogens is 2. The van der Waals surface area contributed by atoms with Crippen LogP contribution < -0.4 is 16.7 Å². The highest BCUT2D eigenvalue weighted by molar-refractivity contribution is 7.99. The number of carbonyl (C=O) groups is 1. The van der Waals surface area contributed by atoms with Crippen molar-refractivity contribution < 1.29 is 4.79 Å². The second-order valence-corrected chi connectivity index (χ2v) is 6.31. The zero-order valence-electron chi connectivity index (χ0n) is 11.6. The molecule has 0 spiro atoms. The van der Waals surface area contributed by atoms with Gasteiger partial charge in [0.25, 0.3) is 5.56 Å². The Morgan fingerprint density at radius 1 is 1.29 bits per heavy atom. The van der Waals surface area contributed by atoms with E-state index < -0.39 is 17.2 Å². The van der Waals surface area contributed by atoms with Crippen molar-refractivity contribution in [3.8, 4) is 0 Å². The number of halogens is 3. The van der Waals surface area contributed by atoms with Gasteiger partial charge in [0.1, 0.15) is 0 Å². The highest BCUT2D eigenvalue weighted by Gasteiger charge is 2.09. The molecule has 0 saturated heterocycles. The second-order valence-electron chi connectivity index (χ2n) is 4.15. The first-order chi connectivity index (χ1) is 11.4. The summed E-state index contributed by atoms with van der Waals surface area (Å²) in [5, 5.41) is 10.1. The molecular formula is C12H8Cl3N5O3S. The number of thioether (sulfide) groups is 1. The Hall–Kier alpha value is -1.81. The van der Waals surface area contributed by atoms with Gasteiger partial charge in [0.2, 0.25) is 5.91 Å². The van der Waals surface area contributed by atoms with Gasteiger partial charge in [-0.15, -0.1) is 0 Å². The van der Waals surface area contributed by atoms with Crippen LogP contribution in [0, 0.1) is 0 Å². The Balaban J connectivity index is 1.95. The minimum absolute atomic E-state index is 0.0466. The van der Waals surface area contributed by atoms with Crippen LogP contribution in [-0.2, 0) is 4.79 Å². The number of hydrazone groups is 1. The second kappa shape index (κ2) is 8.34. The molecule has 1 aromatic heterocycles. The molecule has 12 heteroatoms.